The topological polar surface area (TPSA) is 46.5 Å². The molecule has 1 N–H and O–H groups in total. The zero-order chi connectivity index (χ0) is 9.14. The highest BCUT2D eigenvalue weighted by molar-refractivity contribution is 9.13. The molecule has 0 aliphatic rings. The van der Waals surface area contributed by atoms with E-state index in [9.17, 15) is 4.79 Å². The Morgan fingerprint density at radius 2 is 2.33 bits per heavy atom. The Bertz CT molecular complexity index is 297. The predicted molar refractivity (Wildman–Crippen MR) is 52.8 cm³/mol. The summed E-state index contributed by atoms with van der Waals surface area (Å²) in [7, 11) is 0. The van der Waals surface area contributed by atoms with E-state index in [1.54, 1.807) is 5.38 Å². The van der Waals surface area contributed by atoms with E-state index in [0.717, 1.165) is 8.26 Å². The SMILES string of the molecule is O=C(O)COc1csc(Br)c1Br. The maximum Gasteiger partial charge on any atom is 0.341 e. The maximum absolute atomic E-state index is 10.1. The monoisotopic (exact) mass is 314 g/mol. The molecule has 1 heterocycles. The summed E-state index contributed by atoms with van der Waals surface area (Å²) in [5, 5.41) is 10.1. The first-order valence-corrected chi connectivity index (χ1v) is 5.35. The lowest BCUT2D eigenvalue weighted by atomic mass is 10.6. The summed E-state index contributed by atoms with van der Waals surface area (Å²) < 4.78 is 6.60. The van der Waals surface area contributed by atoms with E-state index >= 15 is 0 Å². The van der Waals surface area contributed by atoms with Crippen molar-refractivity contribution in [3.8, 4) is 5.75 Å². The van der Waals surface area contributed by atoms with Gasteiger partial charge in [0.05, 0.1) is 8.26 Å². The van der Waals surface area contributed by atoms with Crippen molar-refractivity contribution in [1.29, 1.82) is 0 Å². The van der Waals surface area contributed by atoms with Gasteiger partial charge in [0.15, 0.2) is 6.61 Å². The second kappa shape index (κ2) is 4.25. The predicted octanol–water partition coefficient (Wildman–Crippen LogP) is 2.74. The third-order valence-electron chi connectivity index (χ3n) is 1.01. The molecule has 0 atom stereocenters. The van der Waals surface area contributed by atoms with E-state index in [0.29, 0.717) is 5.75 Å². The molecule has 0 aliphatic heterocycles. The molecule has 0 aromatic carbocycles. The first kappa shape index (κ1) is 10.0. The van der Waals surface area contributed by atoms with Crippen LogP contribution in [-0.2, 0) is 4.79 Å². The number of halogens is 2. The van der Waals surface area contributed by atoms with Crippen molar-refractivity contribution >= 4 is 49.2 Å². The highest BCUT2D eigenvalue weighted by Gasteiger charge is 2.08. The molecular weight excluding hydrogens is 312 g/mol. The molecule has 0 spiro atoms. The van der Waals surface area contributed by atoms with E-state index in [1.165, 1.54) is 11.3 Å². The molecule has 0 saturated carbocycles. The van der Waals surface area contributed by atoms with Crippen molar-refractivity contribution < 1.29 is 14.6 Å². The van der Waals surface area contributed by atoms with Crippen molar-refractivity contribution in [3.63, 3.8) is 0 Å². The Hall–Kier alpha value is -0.0700. The third kappa shape index (κ3) is 2.46. The van der Waals surface area contributed by atoms with Gasteiger partial charge in [0.25, 0.3) is 0 Å². The van der Waals surface area contributed by atoms with Crippen molar-refractivity contribution in [2.45, 2.75) is 0 Å². The van der Waals surface area contributed by atoms with Gasteiger partial charge in [-0.05, 0) is 31.9 Å². The summed E-state index contributed by atoms with van der Waals surface area (Å²) in [5.74, 6) is -0.432. The summed E-state index contributed by atoms with van der Waals surface area (Å²) in [6.45, 7) is -0.318. The van der Waals surface area contributed by atoms with Gasteiger partial charge in [-0.2, -0.15) is 0 Å². The Morgan fingerprint density at radius 1 is 1.67 bits per heavy atom. The molecule has 0 saturated heterocycles. The number of ether oxygens (including phenoxy) is 1. The molecule has 0 radical (unpaired) electrons. The van der Waals surface area contributed by atoms with Gasteiger partial charge in [0.2, 0.25) is 0 Å². The van der Waals surface area contributed by atoms with Crippen molar-refractivity contribution in [2.24, 2.45) is 0 Å². The lowest BCUT2D eigenvalue weighted by Gasteiger charge is -1.99. The highest BCUT2D eigenvalue weighted by atomic mass is 79.9. The third-order valence-corrected chi connectivity index (χ3v) is 4.29. The highest BCUT2D eigenvalue weighted by Crippen LogP contribution is 2.38. The molecule has 0 amide bonds. The average molecular weight is 316 g/mol. The normalized spacial score (nSPS) is 9.83. The van der Waals surface area contributed by atoms with Gasteiger partial charge in [0.1, 0.15) is 5.75 Å². The van der Waals surface area contributed by atoms with Crippen LogP contribution in [0, 0.1) is 0 Å². The van der Waals surface area contributed by atoms with Crippen LogP contribution in [0.3, 0.4) is 0 Å². The zero-order valence-electron chi connectivity index (χ0n) is 5.71. The number of thiophene rings is 1. The molecule has 3 nitrogen and oxygen atoms in total. The minimum absolute atomic E-state index is 0.318. The Kier molecular flexibility index (Phi) is 3.54. The average Bonchev–Trinajstić information content (AvgIpc) is 2.30. The number of hydrogen-bond acceptors (Lipinski definition) is 3. The lowest BCUT2D eigenvalue weighted by molar-refractivity contribution is -0.139. The van der Waals surface area contributed by atoms with Gasteiger partial charge in [0, 0.05) is 5.38 Å². The molecule has 6 heteroatoms. The van der Waals surface area contributed by atoms with Crippen molar-refractivity contribution in [1.82, 2.24) is 0 Å². The van der Waals surface area contributed by atoms with Gasteiger partial charge in [-0.3, -0.25) is 0 Å². The molecule has 1 aromatic rings. The molecule has 0 unspecified atom stereocenters. The fourth-order valence-corrected chi connectivity index (χ4v) is 2.28. The van der Waals surface area contributed by atoms with Crippen LogP contribution in [0.2, 0.25) is 0 Å². The van der Waals surface area contributed by atoms with E-state index in [1.807, 2.05) is 0 Å². The fourth-order valence-electron chi connectivity index (χ4n) is 0.542. The molecule has 1 aromatic heterocycles. The van der Waals surface area contributed by atoms with Crippen LogP contribution < -0.4 is 4.74 Å². The van der Waals surface area contributed by atoms with Crippen molar-refractivity contribution in [3.05, 3.63) is 13.6 Å². The largest absolute Gasteiger partial charge is 0.480 e. The van der Waals surface area contributed by atoms with Gasteiger partial charge in [-0.25, -0.2) is 4.79 Å². The Morgan fingerprint density at radius 3 is 2.75 bits per heavy atom. The van der Waals surface area contributed by atoms with Crippen LogP contribution >= 0.6 is 43.2 Å². The van der Waals surface area contributed by atoms with Crippen LogP contribution in [0.25, 0.3) is 0 Å². The summed E-state index contributed by atoms with van der Waals surface area (Å²) in [6, 6.07) is 0. The van der Waals surface area contributed by atoms with Crippen LogP contribution in [0.1, 0.15) is 0 Å². The van der Waals surface area contributed by atoms with E-state index < -0.39 is 5.97 Å². The Balaban J connectivity index is 2.63. The Labute approximate surface area is 89.6 Å². The second-order valence-electron chi connectivity index (χ2n) is 1.87. The number of rotatable bonds is 3. The second-order valence-corrected chi connectivity index (χ2v) is 4.86. The molecule has 1 rings (SSSR count). The van der Waals surface area contributed by atoms with Gasteiger partial charge in [-0.15, -0.1) is 11.3 Å². The van der Waals surface area contributed by atoms with E-state index in [4.69, 9.17) is 9.84 Å². The summed E-state index contributed by atoms with van der Waals surface area (Å²) >= 11 is 7.95. The zero-order valence-corrected chi connectivity index (χ0v) is 9.70. The smallest absolute Gasteiger partial charge is 0.341 e. The molecule has 0 bridgehead atoms. The van der Waals surface area contributed by atoms with Gasteiger partial charge in [-0.1, -0.05) is 0 Å². The van der Waals surface area contributed by atoms with Crippen LogP contribution in [0.5, 0.6) is 5.75 Å². The number of carbonyl (C=O) groups is 1. The van der Waals surface area contributed by atoms with E-state index in [-0.39, 0.29) is 6.61 Å². The van der Waals surface area contributed by atoms with Gasteiger partial charge >= 0.3 is 5.97 Å². The quantitative estimate of drug-likeness (QED) is 0.933. The first-order chi connectivity index (χ1) is 5.61. The number of hydrogen-bond donors (Lipinski definition) is 1. The maximum atomic E-state index is 10.1. The number of aliphatic carboxylic acids is 1. The van der Waals surface area contributed by atoms with Crippen LogP contribution in [-0.4, -0.2) is 17.7 Å². The fraction of sp³-hybridized carbons (Fsp3) is 0.167. The minimum Gasteiger partial charge on any atom is -0.480 e. The molecular formula is C6H4Br2O3S. The van der Waals surface area contributed by atoms with Crippen LogP contribution in [0.15, 0.2) is 13.6 Å². The molecule has 66 valence electrons. The standard InChI is InChI=1S/C6H4Br2O3S/c7-5-3(2-12-6(5)8)11-1-4(9)10/h2H,1H2,(H,9,10). The lowest BCUT2D eigenvalue weighted by Crippen LogP contribution is -2.09. The van der Waals surface area contributed by atoms with Crippen LogP contribution in [0.4, 0.5) is 0 Å². The molecule has 0 fully saturated rings. The van der Waals surface area contributed by atoms with Gasteiger partial charge < -0.3 is 9.84 Å². The first-order valence-electron chi connectivity index (χ1n) is 2.88. The molecule has 12 heavy (non-hydrogen) atoms. The molecule has 0 aliphatic carbocycles. The van der Waals surface area contributed by atoms with Crippen molar-refractivity contribution in [2.75, 3.05) is 6.61 Å². The van der Waals surface area contributed by atoms with E-state index in [2.05, 4.69) is 31.9 Å². The summed E-state index contributed by atoms with van der Waals surface area (Å²) in [4.78, 5) is 10.1. The number of carboxylic acid groups (broad SMARTS) is 1. The summed E-state index contributed by atoms with van der Waals surface area (Å²) in [6.07, 6.45) is 0. The summed E-state index contributed by atoms with van der Waals surface area (Å²) in [5.41, 5.74) is 0. The number of carboxylic acids is 1. The minimum atomic E-state index is -0.982.